The lowest BCUT2D eigenvalue weighted by atomic mass is 10.2. The third-order valence-electron chi connectivity index (χ3n) is 2.97. The molecule has 0 bridgehead atoms. The molecule has 0 unspecified atom stereocenters. The van der Waals surface area contributed by atoms with Crippen molar-refractivity contribution in [2.75, 3.05) is 6.61 Å². The van der Waals surface area contributed by atoms with E-state index in [4.69, 9.17) is 21.1 Å². The van der Waals surface area contributed by atoms with Crippen molar-refractivity contribution in [2.45, 2.75) is 40.0 Å². The summed E-state index contributed by atoms with van der Waals surface area (Å²) in [7, 11) is 0. The first kappa shape index (κ1) is 17.1. The van der Waals surface area contributed by atoms with Gasteiger partial charge in [-0.05, 0) is 43.8 Å². The maximum absolute atomic E-state index is 6.37. The van der Waals surface area contributed by atoms with Gasteiger partial charge in [-0.2, -0.15) is 0 Å². The van der Waals surface area contributed by atoms with Gasteiger partial charge in [0.1, 0.15) is 0 Å². The highest BCUT2D eigenvalue weighted by molar-refractivity contribution is 7.09. The zero-order valence-corrected chi connectivity index (χ0v) is 14.8. The van der Waals surface area contributed by atoms with E-state index in [1.807, 2.05) is 32.9 Å². The highest BCUT2D eigenvalue weighted by Crippen LogP contribution is 2.34. The van der Waals surface area contributed by atoms with Gasteiger partial charge in [0.25, 0.3) is 0 Å². The van der Waals surface area contributed by atoms with Crippen molar-refractivity contribution >= 4 is 22.9 Å². The van der Waals surface area contributed by atoms with Crippen molar-refractivity contribution in [2.24, 2.45) is 0 Å². The number of thiophene rings is 1. The van der Waals surface area contributed by atoms with Gasteiger partial charge in [-0.1, -0.05) is 17.7 Å². The molecule has 0 amide bonds. The van der Waals surface area contributed by atoms with Crippen molar-refractivity contribution < 1.29 is 9.47 Å². The fourth-order valence-corrected chi connectivity index (χ4v) is 2.96. The van der Waals surface area contributed by atoms with Crippen molar-refractivity contribution in [3.8, 4) is 11.5 Å². The van der Waals surface area contributed by atoms with E-state index in [0.29, 0.717) is 23.9 Å². The molecule has 0 aliphatic carbocycles. The average molecular weight is 340 g/mol. The maximum Gasteiger partial charge on any atom is 0.163 e. The third-order valence-corrected chi connectivity index (χ3v) is 4.20. The van der Waals surface area contributed by atoms with Crippen LogP contribution in [0.1, 0.15) is 31.2 Å². The fourth-order valence-electron chi connectivity index (χ4n) is 2.06. The zero-order chi connectivity index (χ0) is 15.9. The number of nitrogens with one attached hydrogen (secondary N) is 1. The maximum atomic E-state index is 6.37. The van der Waals surface area contributed by atoms with Crippen molar-refractivity contribution in [1.29, 1.82) is 0 Å². The van der Waals surface area contributed by atoms with Gasteiger partial charge < -0.3 is 14.8 Å². The van der Waals surface area contributed by atoms with E-state index in [2.05, 4.69) is 22.8 Å². The van der Waals surface area contributed by atoms with Crippen LogP contribution in [-0.2, 0) is 13.1 Å². The quantitative estimate of drug-likeness (QED) is 0.743. The van der Waals surface area contributed by atoms with Crippen LogP contribution in [0.15, 0.2) is 29.6 Å². The summed E-state index contributed by atoms with van der Waals surface area (Å²) < 4.78 is 11.4. The van der Waals surface area contributed by atoms with Gasteiger partial charge in [0, 0.05) is 29.1 Å². The Morgan fingerprint density at radius 1 is 1.23 bits per heavy atom. The molecule has 0 fully saturated rings. The molecule has 1 aromatic carbocycles. The second-order valence-electron chi connectivity index (χ2n) is 5.17. The van der Waals surface area contributed by atoms with E-state index in [1.165, 1.54) is 4.88 Å². The molecule has 3 nitrogen and oxygen atoms in total. The molecule has 0 saturated heterocycles. The molecule has 0 spiro atoms. The fraction of sp³-hybridized carbons (Fsp3) is 0.412. The summed E-state index contributed by atoms with van der Waals surface area (Å²) in [5.74, 6) is 1.44. The second-order valence-corrected chi connectivity index (χ2v) is 6.61. The van der Waals surface area contributed by atoms with Crippen LogP contribution in [0, 0.1) is 0 Å². The van der Waals surface area contributed by atoms with E-state index >= 15 is 0 Å². The first-order valence-electron chi connectivity index (χ1n) is 7.45. The molecule has 0 aliphatic rings. The summed E-state index contributed by atoms with van der Waals surface area (Å²) in [5, 5.41) is 6.18. The number of rotatable bonds is 8. The highest BCUT2D eigenvalue weighted by Gasteiger charge is 2.12. The molecule has 0 radical (unpaired) electrons. The standard InChI is InChI=1S/C17H22ClNO2S/c1-4-20-16-8-13(10-19-11-14-6-5-7-22-14)15(18)9-17(16)21-12(2)3/h5-9,12,19H,4,10-11H2,1-3H3. The minimum absolute atomic E-state index is 0.0816. The molecule has 2 rings (SSSR count). The topological polar surface area (TPSA) is 30.5 Å². The first-order valence-corrected chi connectivity index (χ1v) is 8.71. The summed E-state index contributed by atoms with van der Waals surface area (Å²) in [5.41, 5.74) is 1.01. The van der Waals surface area contributed by atoms with E-state index < -0.39 is 0 Å². The molecule has 1 aromatic heterocycles. The SMILES string of the molecule is CCOc1cc(CNCc2cccs2)c(Cl)cc1OC(C)C. The third kappa shape index (κ3) is 4.90. The van der Waals surface area contributed by atoms with Gasteiger partial charge in [0.15, 0.2) is 11.5 Å². The molecule has 120 valence electrons. The number of ether oxygens (including phenoxy) is 2. The normalized spacial score (nSPS) is 11.0. The Kier molecular flexibility index (Phi) is 6.55. The zero-order valence-electron chi connectivity index (χ0n) is 13.2. The number of hydrogen-bond donors (Lipinski definition) is 1. The van der Waals surface area contributed by atoms with Crippen molar-refractivity contribution in [3.05, 3.63) is 45.1 Å². The van der Waals surface area contributed by atoms with Gasteiger partial charge in [0.05, 0.1) is 12.7 Å². The Morgan fingerprint density at radius 3 is 2.68 bits per heavy atom. The van der Waals surface area contributed by atoms with E-state index in [1.54, 1.807) is 11.3 Å². The Morgan fingerprint density at radius 2 is 2.05 bits per heavy atom. The molecule has 1 heterocycles. The largest absolute Gasteiger partial charge is 0.490 e. The Hall–Kier alpha value is -1.23. The monoisotopic (exact) mass is 339 g/mol. The molecule has 1 N–H and O–H groups in total. The summed E-state index contributed by atoms with van der Waals surface area (Å²) in [6.07, 6.45) is 0.0816. The minimum atomic E-state index is 0.0816. The smallest absolute Gasteiger partial charge is 0.163 e. The molecule has 0 atom stereocenters. The molecular formula is C17H22ClNO2S. The lowest BCUT2D eigenvalue weighted by Crippen LogP contribution is -2.13. The van der Waals surface area contributed by atoms with E-state index in [0.717, 1.165) is 17.9 Å². The van der Waals surface area contributed by atoms with Gasteiger partial charge in [0.2, 0.25) is 0 Å². The van der Waals surface area contributed by atoms with E-state index in [-0.39, 0.29) is 6.10 Å². The average Bonchev–Trinajstić information content (AvgIpc) is 2.96. The van der Waals surface area contributed by atoms with Crippen LogP contribution in [-0.4, -0.2) is 12.7 Å². The molecule has 22 heavy (non-hydrogen) atoms. The molecule has 0 aliphatic heterocycles. The number of benzene rings is 1. The Labute approximate surface area is 141 Å². The minimum Gasteiger partial charge on any atom is -0.490 e. The van der Waals surface area contributed by atoms with Crippen LogP contribution >= 0.6 is 22.9 Å². The Balaban J connectivity index is 2.08. The lowest BCUT2D eigenvalue weighted by Gasteiger charge is -2.17. The second kappa shape index (κ2) is 8.42. The van der Waals surface area contributed by atoms with Gasteiger partial charge in [-0.15, -0.1) is 11.3 Å². The van der Waals surface area contributed by atoms with Gasteiger partial charge in [-0.25, -0.2) is 0 Å². The summed E-state index contributed by atoms with van der Waals surface area (Å²) in [4.78, 5) is 1.31. The molecular weight excluding hydrogens is 318 g/mol. The van der Waals surface area contributed by atoms with Crippen LogP contribution < -0.4 is 14.8 Å². The van der Waals surface area contributed by atoms with Crippen LogP contribution in [0.2, 0.25) is 5.02 Å². The van der Waals surface area contributed by atoms with Crippen LogP contribution in [0.4, 0.5) is 0 Å². The van der Waals surface area contributed by atoms with Crippen LogP contribution in [0.25, 0.3) is 0 Å². The highest BCUT2D eigenvalue weighted by atomic mass is 35.5. The Bertz CT molecular complexity index is 585. The summed E-state index contributed by atoms with van der Waals surface area (Å²) in [6, 6.07) is 7.98. The number of hydrogen-bond acceptors (Lipinski definition) is 4. The molecule has 5 heteroatoms. The van der Waals surface area contributed by atoms with Gasteiger partial charge >= 0.3 is 0 Å². The van der Waals surface area contributed by atoms with Crippen LogP contribution in [0.3, 0.4) is 0 Å². The lowest BCUT2D eigenvalue weighted by molar-refractivity contribution is 0.223. The first-order chi connectivity index (χ1) is 10.6. The predicted octanol–water partition coefficient (Wildman–Crippen LogP) is 4.88. The van der Waals surface area contributed by atoms with Crippen molar-refractivity contribution in [3.63, 3.8) is 0 Å². The van der Waals surface area contributed by atoms with E-state index in [9.17, 15) is 0 Å². The van der Waals surface area contributed by atoms with Crippen molar-refractivity contribution in [1.82, 2.24) is 5.32 Å². The van der Waals surface area contributed by atoms with Crippen LogP contribution in [0.5, 0.6) is 11.5 Å². The summed E-state index contributed by atoms with van der Waals surface area (Å²) >= 11 is 8.12. The predicted molar refractivity (Wildman–Crippen MR) is 93.2 cm³/mol. The van der Waals surface area contributed by atoms with Gasteiger partial charge in [-0.3, -0.25) is 0 Å². The number of halogens is 1. The molecule has 2 aromatic rings. The molecule has 0 saturated carbocycles. The summed E-state index contributed by atoms with van der Waals surface area (Å²) in [6.45, 7) is 8.06.